The molecule has 0 spiro atoms. The molecule has 4 aromatic rings. The van der Waals surface area contributed by atoms with E-state index in [4.69, 9.17) is 0 Å². The van der Waals surface area contributed by atoms with Crippen LogP contribution in [0, 0.1) is 0 Å². The second-order valence-electron chi connectivity index (χ2n) is 7.58. The average Bonchev–Trinajstić information content (AvgIpc) is 2.90. The Morgan fingerprint density at radius 1 is 0.654 bits per heavy atom. The van der Waals surface area contributed by atoms with Crippen LogP contribution in [0.1, 0.15) is 25.0 Å². The second kappa shape index (κ2) is 5.47. The van der Waals surface area contributed by atoms with Gasteiger partial charge < -0.3 is 5.32 Å². The maximum Gasteiger partial charge on any atom is 0.0463 e. The van der Waals surface area contributed by atoms with Gasteiger partial charge in [0.05, 0.1) is 0 Å². The second-order valence-corrected chi connectivity index (χ2v) is 7.58. The molecule has 0 fully saturated rings. The highest BCUT2D eigenvalue weighted by Gasteiger charge is 2.34. The van der Waals surface area contributed by atoms with Crippen molar-refractivity contribution in [3.8, 4) is 11.1 Å². The SMILES string of the molecule is CC1(C)c2ccccc2-c2cc(Nc3cccc4ccccc34)ccc21. The molecule has 26 heavy (non-hydrogen) atoms. The maximum absolute atomic E-state index is 3.63. The Kier molecular flexibility index (Phi) is 3.20. The van der Waals surface area contributed by atoms with Crippen LogP contribution in [0.3, 0.4) is 0 Å². The molecule has 0 heterocycles. The van der Waals surface area contributed by atoms with Gasteiger partial charge in [0.15, 0.2) is 0 Å². The van der Waals surface area contributed by atoms with E-state index >= 15 is 0 Å². The van der Waals surface area contributed by atoms with Crippen molar-refractivity contribution in [3.63, 3.8) is 0 Å². The molecule has 0 aliphatic heterocycles. The van der Waals surface area contributed by atoms with E-state index in [0.29, 0.717) is 0 Å². The van der Waals surface area contributed by atoms with Crippen molar-refractivity contribution in [2.45, 2.75) is 19.3 Å². The zero-order valence-corrected chi connectivity index (χ0v) is 15.1. The number of hydrogen-bond acceptors (Lipinski definition) is 1. The molecule has 1 aliphatic carbocycles. The molecule has 5 rings (SSSR count). The van der Waals surface area contributed by atoms with Crippen molar-refractivity contribution < 1.29 is 0 Å². The van der Waals surface area contributed by atoms with Gasteiger partial charge in [-0.25, -0.2) is 0 Å². The van der Waals surface area contributed by atoms with Crippen LogP contribution in [-0.4, -0.2) is 0 Å². The number of benzene rings is 4. The molecular formula is C25H21N. The van der Waals surface area contributed by atoms with Gasteiger partial charge in [0.25, 0.3) is 0 Å². The van der Waals surface area contributed by atoms with E-state index in [-0.39, 0.29) is 5.41 Å². The van der Waals surface area contributed by atoms with E-state index in [0.717, 1.165) is 11.4 Å². The molecule has 0 bridgehead atoms. The fourth-order valence-electron chi connectivity index (χ4n) is 4.29. The molecule has 1 heteroatoms. The highest BCUT2D eigenvalue weighted by Crippen LogP contribution is 2.49. The van der Waals surface area contributed by atoms with E-state index in [1.165, 1.54) is 33.0 Å². The third kappa shape index (κ3) is 2.17. The molecule has 0 unspecified atom stereocenters. The quantitative estimate of drug-likeness (QED) is 0.420. The monoisotopic (exact) mass is 335 g/mol. The predicted octanol–water partition coefficient (Wildman–Crippen LogP) is 6.89. The Balaban J connectivity index is 1.62. The number of nitrogens with one attached hydrogen (secondary N) is 1. The summed E-state index contributed by atoms with van der Waals surface area (Å²) < 4.78 is 0. The van der Waals surface area contributed by atoms with Gasteiger partial charge in [-0.3, -0.25) is 0 Å². The largest absolute Gasteiger partial charge is 0.355 e. The standard InChI is InChI=1S/C25H21N/c1-25(2)22-12-6-5-11-20(22)21-16-18(14-15-23(21)25)26-24-13-7-9-17-8-3-4-10-19(17)24/h3-16,26H,1-2H3. The first-order chi connectivity index (χ1) is 12.6. The number of rotatable bonds is 2. The van der Waals surface area contributed by atoms with Crippen molar-refractivity contribution in [2.24, 2.45) is 0 Å². The third-order valence-corrected chi connectivity index (χ3v) is 5.65. The summed E-state index contributed by atoms with van der Waals surface area (Å²) >= 11 is 0. The molecule has 0 saturated heterocycles. The topological polar surface area (TPSA) is 12.0 Å². The van der Waals surface area contributed by atoms with Crippen LogP contribution in [0.25, 0.3) is 21.9 Å². The summed E-state index contributed by atoms with van der Waals surface area (Å²) in [5, 5.41) is 6.14. The van der Waals surface area contributed by atoms with Gasteiger partial charge in [-0.2, -0.15) is 0 Å². The number of anilines is 2. The molecule has 126 valence electrons. The van der Waals surface area contributed by atoms with Gasteiger partial charge in [-0.15, -0.1) is 0 Å². The lowest BCUT2D eigenvalue weighted by Gasteiger charge is -2.21. The fraction of sp³-hybridized carbons (Fsp3) is 0.120. The third-order valence-electron chi connectivity index (χ3n) is 5.65. The Labute approximate surface area is 154 Å². The van der Waals surface area contributed by atoms with Gasteiger partial charge in [0.2, 0.25) is 0 Å². The lowest BCUT2D eigenvalue weighted by atomic mass is 9.82. The van der Waals surface area contributed by atoms with Gasteiger partial charge >= 0.3 is 0 Å². The van der Waals surface area contributed by atoms with Crippen molar-refractivity contribution in [1.82, 2.24) is 0 Å². The molecular weight excluding hydrogens is 314 g/mol. The summed E-state index contributed by atoms with van der Waals surface area (Å²) in [6.07, 6.45) is 0. The average molecular weight is 335 g/mol. The highest BCUT2D eigenvalue weighted by atomic mass is 14.9. The Bertz CT molecular complexity index is 1130. The molecule has 0 aromatic heterocycles. The number of fused-ring (bicyclic) bond motifs is 4. The summed E-state index contributed by atoms with van der Waals surface area (Å²) in [5.74, 6) is 0. The van der Waals surface area contributed by atoms with Crippen LogP contribution in [0.5, 0.6) is 0 Å². The Morgan fingerprint density at radius 3 is 2.31 bits per heavy atom. The van der Waals surface area contributed by atoms with Crippen molar-refractivity contribution in [2.75, 3.05) is 5.32 Å². The Morgan fingerprint density at radius 2 is 1.38 bits per heavy atom. The van der Waals surface area contributed by atoms with Crippen LogP contribution in [0.4, 0.5) is 11.4 Å². The highest BCUT2D eigenvalue weighted by molar-refractivity contribution is 5.95. The predicted molar refractivity (Wildman–Crippen MR) is 111 cm³/mol. The van der Waals surface area contributed by atoms with Crippen LogP contribution < -0.4 is 5.32 Å². The van der Waals surface area contributed by atoms with E-state index in [1.54, 1.807) is 0 Å². The van der Waals surface area contributed by atoms with E-state index in [1.807, 2.05) is 0 Å². The van der Waals surface area contributed by atoms with E-state index < -0.39 is 0 Å². The van der Waals surface area contributed by atoms with Gasteiger partial charge in [0.1, 0.15) is 0 Å². The smallest absolute Gasteiger partial charge is 0.0463 e. The molecule has 1 aliphatic rings. The first-order valence-corrected chi connectivity index (χ1v) is 9.14. The minimum Gasteiger partial charge on any atom is -0.355 e. The first-order valence-electron chi connectivity index (χ1n) is 9.14. The lowest BCUT2D eigenvalue weighted by Crippen LogP contribution is -2.14. The number of hydrogen-bond donors (Lipinski definition) is 1. The summed E-state index contributed by atoms with van der Waals surface area (Å²) in [6, 6.07) is 30.5. The van der Waals surface area contributed by atoms with Gasteiger partial charge in [0, 0.05) is 22.2 Å². The first kappa shape index (κ1) is 15.2. The molecule has 1 nitrogen and oxygen atoms in total. The molecule has 1 N–H and O–H groups in total. The molecule has 0 atom stereocenters. The zero-order chi connectivity index (χ0) is 17.7. The van der Waals surface area contributed by atoms with Crippen molar-refractivity contribution in [3.05, 3.63) is 96.1 Å². The van der Waals surface area contributed by atoms with Gasteiger partial charge in [-0.1, -0.05) is 80.6 Å². The van der Waals surface area contributed by atoms with Crippen LogP contribution in [0.2, 0.25) is 0 Å². The summed E-state index contributed by atoms with van der Waals surface area (Å²) in [4.78, 5) is 0. The van der Waals surface area contributed by atoms with E-state index in [9.17, 15) is 0 Å². The van der Waals surface area contributed by atoms with Crippen molar-refractivity contribution >= 4 is 22.1 Å². The minimum absolute atomic E-state index is 0.0594. The van der Waals surface area contributed by atoms with E-state index in [2.05, 4.69) is 104 Å². The lowest BCUT2D eigenvalue weighted by molar-refractivity contribution is 0.660. The summed E-state index contributed by atoms with van der Waals surface area (Å²) in [7, 11) is 0. The molecule has 0 amide bonds. The molecule has 0 saturated carbocycles. The van der Waals surface area contributed by atoms with Crippen LogP contribution in [0.15, 0.2) is 84.9 Å². The fourth-order valence-corrected chi connectivity index (χ4v) is 4.29. The molecule has 0 radical (unpaired) electrons. The Hall–Kier alpha value is -3.06. The summed E-state index contributed by atoms with van der Waals surface area (Å²) in [6.45, 7) is 4.63. The summed E-state index contributed by atoms with van der Waals surface area (Å²) in [5.41, 5.74) is 7.86. The normalized spacial score (nSPS) is 14.1. The zero-order valence-electron chi connectivity index (χ0n) is 15.1. The minimum atomic E-state index is 0.0594. The maximum atomic E-state index is 3.63. The van der Waals surface area contributed by atoms with Crippen LogP contribution in [-0.2, 0) is 5.41 Å². The van der Waals surface area contributed by atoms with Crippen molar-refractivity contribution in [1.29, 1.82) is 0 Å². The molecule has 4 aromatic carbocycles. The van der Waals surface area contributed by atoms with Crippen LogP contribution >= 0.6 is 0 Å². The van der Waals surface area contributed by atoms with Gasteiger partial charge in [-0.05, 0) is 45.8 Å².